The second kappa shape index (κ2) is 9.95. The minimum absolute atomic E-state index is 0.0779. The van der Waals surface area contributed by atoms with Crippen molar-refractivity contribution in [2.75, 3.05) is 13.1 Å². The van der Waals surface area contributed by atoms with Crippen LogP contribution < -0.4 is 10.6 Å². The molecule has 0 bridgehead atoms. The summed E-state index contributed by atoms with van der Waals surface area (Å²) in [5, 5.41) is 10.5. The Bertz CT molecular complexity index is 1120. The third kappa shape index (κ3) is 5.28. The molecule has 1 saturated heterocycles. The monoisotopic (exact) mass is 446 g/mol. The highest BCUT2D eigenvalue weighted by Crippen LogP contribution is 2.30. The first kappa shape index (κ1) is 22.7. The van der Waals surface area contributed by atoms with E-state index in [0.717, 1.165) is 34.5 Å². The Morgan fingerprint density at radius 3 is 2.76 bits per heavy atom. The largest absolute Gasteiger partial charge is 0.353 e. The van der Waals surface area contributed by atoms with Crippen LogP contribution in [0, 0.1) is 0 Å². The van der Waals surface area contributed by atoms with Crippen molar-refractivity contribution in [3.8, 4) is 22.4 Å². The zero-order valence-corrected chi connectivity index (χ0v) is 19.3. The van der Waals surface area contributed by atoms with Crippen LogP contribution in [0.4, 0.5) is 0 Å². The van der Waals surface area contributed by atoms with E-state index in [0.29, 0.717) is 13.1 Å². The molecule has 0 aliphatic carbocycles. The average molecular weight is 447 g/mol. The van der Waals surface area contributed by atoms with E-state index in [1.807, 2.05) is 63.5 Å². The van der Waals surface area contributed by atoms with Gasteiger partial charge in [0, 0.05) is 62.4 Å². The van der Waals surface area contributed by atoms with E-state index in [1.165, 1.54) is 0 Å². The molecule has 1 unspecified atom stereocenters. The first-order valence-electron chi connectivity index (χ1n) is 11.3. The molecule has 4 rings (SSSR count). The van der Waals surface area contributed by atoms with Gasteiger partial charge in [0.15, 0.2) is 0 Å². The first-order chi connectivity index (χ1) is 15.9. The predicted octanol–water partition coefficient (Wildman–Crippen LogP) is 2.36. The average Bonchev–Trinajstić information content (AvgIpc) is 3.21. The van der Waals surface area contributed by atoms with Gasteiger partial charge in [-0.15, -0.1) is 0 Å². The highest BCUT2D eigenvalue weighted by atomic mass is 16.2. The molecule has 8 heteroatoms. The zero-order chi connectivity index (χ0) is 23.4. The first-order valence-corrected chi connectivity index (χ1v) is 11.3. The Morgan fingerprint density at radius 2 is 2.00 bits per heavy atom. The minimum Gasteiger partial charge on any atom is -0.353 e. The quantitative estimate of drug-likeness (QED) is 0.581. The van der Waals surface area contributed by atoms with Gasteiger partial charge >= 0.3 is 0 Å². The number of nitrogens with one attached hydrogen (secondary N) is 2. The van der Waals surface area contributed by atoms with Gasteiger partial charge in [0.2, 0.25) is 11.8 Å². The summed E-state index contributed by atoms with van der Waals surface area (Å²) in [6.07, 6.45) is 5.68. The number of hydrogen-bond acceptors (Lipinski definition) is 5. The minimum atomic E-state index is -0.429. The molecule has 1 aliphatic heterocycles. The number of amides is 2. The number of carbonyl (C=O) groups is 2. The number of nitrogens with zero attached hydrogens (tertiary/aromatic N) is 4. The van der Waals surface area contributed by atoms with Crippen molar-refractivity contribution in [1.82, 2.24) is 30.3 Å². The van der Waals surface area contributed by atoms with Crippen LogP contribution in [-0.4, -0.2) is 56.7 Å². The van der Waals surface area contributed by atoms with E-state index in [9.17, 15) is 9.59 Å². The fraction of sp³-hybridized carbons (Fsp3) is 0.360. The smallest absolute Gasteiger partial charge is 0.237 e. The number of aromatic nitrogens is 3. The van der Waals surface area contributed by atoms with Crippen LogP contribution in [0.5, 0.6) is 0 Å². The maximum Gasteiger partial charge on any atom is 0.237 e. The number of rotatable bonds is 7. The lowest BCUT2D eigenvalue weighted by Gasteiger charge is -2.37. The zero-order valence-electron chi connectivity index (χ0n) is 19.3. The summed E-state index contributed by atoms with van der Waals surface area (Å²) in [6, 6.07) is 11.7. The Labute approximate surface area is 194 Å². The maximum absolute atomic E-state index is 12.7. The van der Waals surface area contributed by atoms with Crippen molar-refractivity contribution in [3.05, 3.63) is 60.6 Å². The predicted molar refractivity (Wildman–Crippen MR) is 127 cm³/mol. The van der Waals surface area contributed by atoms with Gasteiger partial charge in [0.25, 0.3) is 0 Å². The summed E-state index contributed by atoms with van der Waals surface area (Å²) in [5.41, 5.74) is 4.90. The van der Waals surface area contributed by atoms with Gasteiger partial charge in [-0.05, 0) is 43.2 Å². The summed E-state index contributed by atoms with van der Waals surface area (Å²) >= 11 is 0. The molecule has 1 aromatic carbocycles. The van der Waals surface area contributed by atoms with Crippen LogP contribution >= 0.6 is 0 Å². The molecule has 2 aromatic heterocycles. The van der Waals surface area contributed by atoms with Crippen molar-refractivity contribution < 1.29 is 9.59 Å². The summed E-state index contributed by atoms with van der Waals surface area (Å²) < 4.78 is 1.80. The normalized spacial score (nSPS) is 16.6. The summed E-state index contributed by atoms with van der Waals surface area (Å²) in [7, 11) is 1.90. The van der Waals surface area contributed by atoms with Gasteiger partial charge < -0.3 is 10.6 Å². The van der Waals surface area contributed by atoms with Gasteiger partial charge in [-0.1, -0.05) is 18.2 Å². The standard InChI is InChI=1S/C25H30N6O2/c1-17(2)31-12-11-27-25(33)22(31)14-23(32)28-15-18-5-4-6-20(13-18)24-21(16-30(3)29-24)19-7-9-26-10-8-19/h4-10,13,16-17,22H,11-12,14-15H2,1-3H3,(H,27,33)(H,28,32). The van der Waals surface area contributed by atoms with E-state index in [1.54, 1.807) is 17.1 Å². The Morgan fingerprint density at radius 1 is 1.21 bits per heavy atom. The molecule has 8 nitrogen and oxygen atoms in total. The second-order valence-electron chi connectivity index (χ2n) is 8.62. The molecule has 2 N–H and O–H groups in total. The van der Waals surface area contributed by atoms with Gasteiger partial charge in [-0.2, -0.15) is 5.10 Å². The fourth-order valence-electron chi connectivity index (χ4n) is 4.28. The molecule has 0 radical (unpaired) electrons. The van der Waals surface area contributed by atoms with Gasteiger partial charge in [-0.3, -0.25) is 24.2 Å². The van der Waals surface area contributed by atoms with Crippen molar-refractivity contribution in [2.24, 2.45) is 7.05 Å². The topological polar surface area (TPSA) is 92.2 Å². The van der Waals surface area contributed by atoms with Crippen LogP contribution in [0.1, 0.15) is 25.8 Å². The van der Waals surface area contributed by atoms with Crippen molar-refractivity contribution >= 4 is 11.8 Å². The van der Waals surface area contributed by atoms with Crippen LogP contribution in [0.15, 0.2) is 55.0 Å². The Kier molecular flexibility index (Phi) is 6.84. The SMILES string of the molecule is CC(C)N1CCNC(=O)C1CC(=O)NCc1cccc(-c2nn(C)cc2-c2ccncc2)c1. The van der Waals surface area contributed by atoms with Crippen molar-refractivity contribution in [3.63, 3.8) is 0 Å². The molecule has 2 amide bonds. The van der Waals surface area contributed by atoms with Crippen LogP contribution in [0.2, 0.25) is 0 Å². The van der Waals surface area contributed by atoms with Gasteiger partial charge in [0.05, 0.1) is 12.5 Å². The molecule has 1 fully saturated rings. The number of hydrogen-bond donors (Lipinski definition) is 2. The Balaban J connectivity index is 1.45. The summed E-state index contributed by atoms with van der Waals surface area (Å²) in [5.74, 6) is -0.214. The molecular formula is C25H30N6O2. The fourth-order valence-corrected chi connectivity index (χ4v) is 4.28. The van der Waals surface area contributed by atoms with Crippen LogP contribution in [0.3, 0.4) is 0 Å². The van der Waals surface area contributed by atoms with Crippen LogP contribution in [-0.2, 0) is 23.2 Å². The molecule has 3 aromatic rings. The molecule has 172 valence electrons. The van der Waals surface area contributed by atoms with E-state index in [4.69, 9.17) is 0 Å². The molecule has 1 aliphatic rings. The molecule has 0 spiro atoms. The van der Waals surface area contributed by atoms with Crippen LogP contribution in [0.25, 0.3) is 22.4 Å². The molecule has 33 heavy (non-hydrogen) atoms. The highest BCUT2D eigenvalue weighted by Gasteiger charge is 2.32. The van der Waals surface area contributed by atoms with Crippen molar-refractivity contribution in [1.29, 1.82) is 0 Å². The number of benzene rings is 1. The number of pyridine rings is 1. The van der Waals surface area contributed by atoms with Gasteiger partial charge in [0.1, 0.15) is 5.69 Å². The van der Waals surface area contributed by atoms with Gasteiger partial charge in [-0.25, -0.2) is 0 Å². The third-order valence-electron chi connectivity index (χ3n) is 5.92. The van der Waals surface area contributed by atoms with E-state index in [2.05, 4.69) is 25.6 Å². The summed E-state index contributed by atoms with van der Waals surface area (Å²) in [4.78, 5) is 31.2. The van der Waals surface area contributed by atoms with E-state index < -0.39 is 6.04 Å². The number of carbonyl (C=O) groups excluding carboxylic acids is 2. The molecule has 3 heterocycles. The third-order valence-corrected chi connectivity index (χ3v) is 5.92. The summed E-state index contributed by atoms with van der Waals surface area (Å²) in [6.45, 7) is 5.87. The van der Waals surface area contributed by atoms with E-state index >= 15 is 0 Å². The lowest BCUT2D eigenvalue weighted by Crippen LogP contribution is -2.58. The number of piperazine rings is 1. The maximum atomic E-state index is 12.7. The number of aryl methyl sites for hydroxylation is 1. The molecule has 0 saturated carbocycles. The highest BCUT2D eigenvalue weighted by molar-refractivity contribution is 5.89. The lowest BCUT2D eigenvalue weighted by molar-refractivity contribution is -0.134. The lowest BCUT2D eigenvalue weighted by atomic mass is 10.0. The van der Waals surface area contributed by atoms with E-state index in [-0.39, 0.29) is 24.3 Å². The molecule has 1 atom stereocenters. The Hall–Kier alpha value is -3.52. The molecular weight excluding hydrogens is 416 g/mol. The van der Waals surface area contributed by atoms with Crippen molar-refractivity contribution in [2.45, 2.75) is 38.9 Å². The second-order valence-corrected chi connectivity index (χ2v) is 8.62.